The number of carbonyl (C=O) groups excluding carboxylic acids is 2. The fraction of sp³-hybridized carbons (Fsp3) is 0.811. The third-order valence-electron chi connectivity index (χ3n) is 11.5. The molecular weight excluding hydrogens is 731 g/mol. The Morgan fingerprint density at radius 2 is 0.864 bits per heavy atom. The van der Waals surface area contributed by atoms with Crippen LogP contribution in [0.15, 0.2) is 48.6 Å². The van der Waals surface area contributed by atoms with Crippen LogP contribution in [-0.4, -0.2) is 46.9 Å². The molecule has 3 N–H and O–H groups in total. The minimum absolute atomic E-state index is 0.0696. The summed E-state index contributed by atoms with van der Waals surface area (Å²) in [6, 6.07) is -0.703. The molecule has 0 saturated carbocycles. The van der Waals surface area contributed by atoms with Crippen molar-refractivity contribution in [2.24, 2.45) is 0 Å². The molecule has 3 atom stereocenters. The van der Waals surface area contributed by atoms with E-state index in [1.165, 1.54) is 128 Å². The Kier molecular flexibility index (Phi) is 45.1. The van der Waals surface area contributed by atoms with Gasteiger partial charge in [-0.2, -0.15) is 0 Å². The first-order valence-corrected chi connectivity index (χ1v) is 25.4. The lowest BCUT2D eigenvalue weighted by Crippen LogP contribution is -2.46. The Morgan fingerprint density at radius 1 is 0.492 bits per heavy atom. The highest BCUT2D eigenvalue weighted by Crippen LogP contribution is 2.18. The minimum Gasteiger partial charge on any atom is -0.462 e. The van der Waals surface area contributed by atoms with E-state index in [0.717, 1.165) is 77.0 Å². The highest BCUT2D eigenvalue weighted by Gasteiger charge is 2.24. The fourth-order valence-corrected chi connectivity index (χ4v) is 7.62. The second-order valence-electron chi connectivity index (χ2n) is 17.3. The van der Waals surface area contributed by atoms with E-state index < -0.39 is 18.2 Å². The van der Waals surface area contributed by atoms with Crippen molar-refractivity contribution in [3.63, 3.8) is 0 Å². The molecule has 0 aromatic rings. The van der Waals surface area contributed by atoms with Gasteiger partial charge >= 0.3 is 5.97 Å². The van der Waals surface area contributed by atoms with E-state index in [9.17, 15) is 19.8 Å². The van der Waals surface area contributed by atoms with Gasteiger partial charge < -0.3 is 20.3 Å². The van der Waals surface area contributed by atoms with Gasteiger partial charge in [0, 0.05) is 6.42 Å². The van der Waals surface area contributed by atoms with Crippen molar-refractivity contribution in [3.8, 4) is 0 Å². The van der Waals surface area contributed by atoms with Crippen LogP contribution in [0, 0.1) is 0 Å². The molecule has 0 radical (unpaired) electrons. The predicted octanol–water partition coefficient (Wildman–Crippen LogP) is 15.1. The first-order chi connectivity index (χ1) is 29.0. The minimum atomic E-state index is -0.789. The number of nitrogens with one attached hydrogen (secondary N) is 1. The molecule has 6 heteroatoms. The molecule has 1 amide bonds. The lowest BCUT2D eigenvalue weighted by atomic mass is 10.0. The molecule has 0 aliphatic rings. The molecule has 59 heavy (non-hydrogen) atoms. The SMILES string of the molecule is CCCCC/C=C/C=C/C=C/C=C/CCCCCCCC(=O)OC(CCCCCCCCCCCC)CC(=O)NC(CO)C(O)CCCCCCCCCCCCCC. The number of ether oxygens (including phenoxy) is 1. The van der Waals surface area contributed by atoms with Crippen molar-refractivity contribution < 1.29 is 24.5 Å². The van der Waals surface area contributed by atoms with E-state index in [2.05, 4.69) is 74.7 Å². The molecule has 0 heterocycles. The highest BCUT2D eigenvalue weighted by atomic mass is 16.5. The Morgan fingerprint density at radius 3 is 1.34 bits per heavy atom. The molecule has 0 spiro atoms. The van der Waals surface area contributed by atoms with E-state index >= 15 is 0 Å². The van der Waals surface area contributed by atoms with Gasteiger partial charge in [0.15, 0.2) is 0 Å². The van der Waals surface area contributed by atoms with Gasteiger partial charge in [-0.15, -0.1) is 0 Å². The zero-order valence-electron chi connectivity index (χ0n) is 39.1. The van der Waals surface area contributed by atoms with Crippen LogP contribution in [0.3, 0.4) is 0 Å². The van der Waals surface area contributed by atoms with Gasteiger partial charge in [0.05, 0.1) is 25.2 Å². The van der Waals surface area contributed by atoms with Gasteiger partial charge in [-0.05, 0) is 51.4 Å². The quantitative estimate of drug-likeness (QED) is 0.0323. The fourth-order valence-electron chi connectivity index (χ4n) is 7.62. The second-order valence-corrected chi connectivity index (χ2v) is 17.3. The van der Waals surface area contributed by atoms with Crippen molar-refractivity contribution in [2.75, 3.05) is 6.61 Å². The number of aliphatic hydroxyl groups excluding tert-OH is 2. The third kappa shape index (κ3) is 42.3. The zero-order chi connectivity index (χ0) is 43.1. The monoisotopic (exact) mass is 828 g/mol. The Hall–Kier alpha value is -2.18. The average molecular weight is 828 g/mol. The molecule has 0 aliphatic heterocycles. The van der Waals surface area contributed by atoms with Gasteiger partial charge in [0.2, 0.25) is 5.91 Å². The summed E-state index contributed by atoms with van der Waals surface area (Å²) >= 11 is 0. The van der Waals surface area contributed by atoms with Gasteiger partial charge in [0.1, 0.15) is 6.10 Å². The molecule has 0 aliphatic carbocycles. The molecule has 0 saturated heterocycles. The Bertz CT molecular complexity index is 1020. The predicted molar refractivity (Wildman–Crippen MR) is 255 cm³/mol. The molecular formula is C53H97NO5. The van der Waals surface area contributed by atoms with E-state index in [0.29, 0.717) is 19.3 Å². The van der Waals surface area contributed by atoms with Gasteiger partial charge in [-0.1, -0.05) is 236 Å². The second kappa shape index (κ2) is 46.9. The smallest absolute Gasteiger partial charge is 0.306 e. The van der Waals surface area contributed by atoms with Crippen LogP contribution >= 0.6 is 0 Å². The van der Waals surface area contributed by atoms with Gasteiger partial charge in [0.25, 0.3) is 0 Å². The van der Waals surface area contributed by atoms with Crippen molar-refractivity contribution in [1.29, 1.82) is 0 Å². The third-order valence-corrected chi connectivity index (χ3v) is 11.5. The van der Waals surface area contributed by atoms with Crippen LogP contribution in [0.2, 0.25) is 0 Å². The first-order valence-electron chi connectivity index (χ1n) is 25.4. The summed E-state index contributed by atoms with van der Waals surface area (Å²) in [6.45, 7) is 6.43. The number of carbonyl (C=O) groups is 2. The molecule has 3 unspecified atom stereocenters. The van der Waals surface area contributed by atoms with E-state index in [4.69, 9.17) is 4.74 Å². The number of unbranched alkanes of at least 4 members (excludes halogenated alkanes) is 28. The van der Waals surface area contributed by atoms with E-state index in [-0.39, 0.29) is 24.9 Å². The lowest BCUT2D eigenvalue weighted by Gasteiger charge is -2.24. The van der Waals surface area contributed by atoms with Crippen molar-refractivity contribution >= 4 is 11.9 Å². The van der Waals surface area contributed by atoms with Crippen LogP contribution in [0.1, 0.15) is 252 Å². The normalized spacial score (nSPS) is 13.6. The van der Waals surface area contributed by atoms with Gasteiger partial charge in [-0.25, -0.2) is 0 Å². The van der Waals surface area contributed by atoms with Crippen LogP contribution < -0.4 is 5.32 Å². The number of aliphatic hydroxyl groups is 2. The van der Waals surface area contributed by atoms with Gasteiger partial charge in [-0.3, -0.25) is 9.59 Å². The Balaban J connectivity index is 4.55. The molecule has 0 aromatic carbocycles. The molecule has 6 nitrogen and oxygen atoms in total. The number of rotatable bonds is 45. The summed E-state index contributed by atoms with van der Waals surface area (Å²) in [4.78, 5) is 26.1. The largest absolute Gasteiger partial charge is 0.462 e. The van der Waals surface area contributed by atoms with E-state index in [1.54, 1.807) is 0 Å². The van der Waals surface area contributed by atoms with Crippen LogP contribution in [0.5, 0.6) is 0 Å². The maximum absolute atomic E-state index is 13.2. The summed E-state index contributed by atoms with van der Waals surface area (Å²) in [6.07, 6.45) is 55.9. The number of hydrogen-bond acceptors (Lipinski definition) is 5. The molecule has 0 rings (SSSR count). The zero-order valence-corrected chi connectivity index (χ0v) is 39.1. The van der Waals surface area contributed by atoms with Crippen molar-refractivity contribution in [3.05, 3.63) is 48.6 Å². The lowest BCUT2D eigenvalue weighted by molar-refractivity contribution is -0.151. The molecule has 0 fully saturated rings. The van der Waals surface area contributed by atoms with Crippen LogP contribution in [0.25, 0.3) is 0 Å². The summed E-state index contributed by atoms with van der Waals surface area (Å²) in [5.41, 5.74) is 0. The maximum Gasteiger partial charge on any atom is 0.306 e. The number of hydrogen-bond donors (Lipinski definition) is 3. The highest BCUT2D eigenvalue weighted by molar-refractivity contribution is 5.77. The molecule has 0 aromatic heterocycles. The Labute approximate surface area is 366 Å². The number of esters is 1. The van der Waals surface area contributed by atoms with Crippen LogP contribution in [0.4, 0.5) is 0 Å². The summed E-state index contributed by atoms with van der Waals surface area (Å²) in [5.74, 6) is -0.495. The summed E-state index contributed by atoms with van der Waals surface area (Å²) in [5, 5.41) is 23.7. The maximum atomic E-state index is 13.2. The first kappa shape index (κ1) is 56.8. The molecule has 0 bridgehead atoms. The summed E-state index contributed by atoms with van der Waals surface area (Å²) in [7, 11) is 0. The van der Waals surface area contributed by atoms with Crippen molar-refractivity contribution in [1.82, 2.24) is 5.32 Å². The summed E-state index contributed by atoms with van der Waals surface area (Å²) < 4.78 is 5.91. The average Bonchev–Trinajstić information content (AvgIpc) is 3.23. The number of amides is 1. The van der Waals surface area contributed by atoms with E-state index in [1.807, 2.05) is 0 Å². The van der Waals surface area contributed by atoms with Crippen molar-refractivity contribution in [2.45, 2.75) is 270 Å². The molecule has 344 valence electrons. The number of allylic oxidation sites excluding steroid dienone is 8. The topological polar surface area (TPSA) is 95.9 Å². The standard InChI is InChI=1S/C53H97NO5/c1-4-7-10-13-16-19-22-24-25-26-27-28-29-31-34-37-40-43-46-53(58)59-49(44-41-38-35-32-21-18-15-12-9-6-3)47-52(57)54-50(48-55)51(56)45-42-39-36-33-30-23-20-17-14-11-8-5-2/h16,19,22,24-28,49-51,55-56H,4-15,17-18,20-21,23,29-48H2,1-3H3,(H,54,57)/b19-16+,24-22+,26-25+,28-27+. The van der Waals surface area contributed by atoms with Crippen LogP contribution in [-0.2, 0) is 14.3 Å².